The number of rotatable bonds is 7. The molecule has 3 aromatic carbocycles. The lowest BCUT2D eigenvalue weighted by Gasteiger charge is -2.12. The Morgan fingerprint density at radius 3 is 2.15 bits per heavy atom. The van der Waals surface area contributed by atoms with Crippen molar-refractivity contribution in [3.63, 3.8) is 0 Å². The standard InChI is InChI=1S/C25H20O8/c1-28-15-6-4-7-16(12-15)32-22-14-31-21-13-17(10-11-18(21)24(22)26)33-25(27)23-19(29-2)8-5-9-20(23)30-3/h4-14H,1-3H3. The number of methoxy groups -OCH3 is 3. The van der Waals surface area contributed by atoms with Crippen LogP contribution in [0, 0.1) is 0 Å². The van der Waals surface area contributed by atoms with E-state index in [4.69, 9.17) is 28.1 Å². The second kappa shape index (κ2) is 9.35. The van der Waals surface area contributed by atoms with Crippen LogP contribution in [0.4, 0.5) is 0 Å². The summed E-state index contributed by atoms with van der Waals surface area (Å²) in [4.78, 5) is 25.6. The zero-order chi connectivity index (χ0) is 23.4. The van der Waals surface area contributed by atoms with Crippen LogP contribution < -0.4 is 29.1 Å². The van der Waals surface area contributed by atoms with Crippen molar-refractivity contribution >= 4 is 16.9 Å². The molecule has 0 aliphatic heterocycles. The highest BCUT2D eigenvalue weighted by atomic mass is 16.5. The van der Waals surface area contributed by atoms with Gasteiger partial charge in [0.2, 0.25) is 11.2 Å². The average Bonchev–Trinajstić information content (AvgIpc) is 2.85. The van der Waals surface area contributed by atoms with E-state index in [1.807, 2.05) is 0 Å². The molecule has 0 amide bonds. The summed E-state index contributed by atoms with van der Waals surface area (Å²) in [6, 6.07) is 16.3. The first-order chi connectivity index (χ1) is 16.0. The minimum absolute atomic E-state index is 0.0132. The third-order valence-electron chi connectivity index (χ3n) is 4.83. The summed E-state index contributed by atoms with van der Waals surface area (Å²) in [6.45, 7) is 0. The summed E-state index contributed by atoms with van der Waals surface area (Å²) in [7, 11) is 4.43. The number of esters is 1. The molecule has 4 rings (SSSR count). The van der Waals surface area contributed by atoms with Crippen molar-refractivity contribution in [2.24, 2.45) is 0 Å². The van der Waals surface area contributed by atoms with Crippen LogP contribution in [-0.2, 0) is 0 Å². The normalized spacial score (nSPS) is 10.5. The highest BCUT2D eigenvalue weighted by Crippen LogP contribution is 2.31. The van der Waals surface area contributed by atoms with Gasteiger partial charge in [-0.25, -0.2) is 4.79 Å². The molecule has 33 heavy (non-hydrogen) atoms. The zero-order valence-electron chi connectivity index (χ0n) is 18.1. The van der Waals surface area contributed by atoms with Gasteiger partial charge in [0.1, 0.15) is 46.2 Å². The maximum Gasteiger partial charge on any atom is 0.351 e. The number of hydrogen-bond acceptors (Lipinski definition) is 8. The van der Waals surface area contributed by atoms with E-state index in [1.165, 1.54) is 45.8 Å². The van der Waals surface area contributed by atoms with Gasteiger partial charge in [-0.2, -0.15) is 0 Å². The van der Waals surface area contributed by atoms with Crippen molar-refractivity contribution in [1.29, 1.82) is 0 Å². The number of carbonyl (C=O) groups excluding carboxylic acids is 1. The van der Waals surface area contributed by atoms with E-state index >= 15 is 0 Å². The maximum atomic E-state index is 12.9. The van der Waals surface area contributed by atoms with Crippen LogP contribution in [0.15, 0.2) is 76.1 Å². The van der Waals surface area contributed by atoms with E-state index in [0.717, 1.165) is 0 Å². The molecule has 0 aliphatic carbocycles. The highest BCUT2D eigenvalue weighted by molar-refractivity contribution is 5.97. The fourth-order valence-corrected chi connectivity index (χ4v) is 3.23. The molecule has 1 aromatic heterocycles. The molecular formula is C25H20O8. The second-order valence-electron chi connectivity index (χ2n) is 6.80. The van der Waals surface area contributed by atoms with Crippen LogP contribution in [0.3, 0.4) is 0 Å². The first kappa shape index (κ1) is 21.8. The molecule has 0 spiro atoms. The minimum atomic E-state index is -0.677. The summed E-state index contributed by atoms with van der Waals surface area (Å²) in [5.41, 5.74) is 0.00437. The van der Waals surface area contributed by atoms with Gasteiger partial charge in [0.05, 0.1) is 26.7 Å². The van der Waals surface area contributed by atoms with Gasteiger partial charge in [0.25, 0.3) is 0 Å². The van der Waals surface area contributed by atoms with Crippen molar-refractivity contribution in [2.75, 3.05) is 21.3 Å². The van der Waals surface area contributed by atoms with Crippen molar-refractivity contribution in [3.8, 4) is 34.5 Å². The van der Waals surface area contributed by atoms with Crippen LogP contribution in [0.5, 0.6) is 34.5 Å². The van der Waals surface area contributed by atoms with Crippen molar-refractivity contribution in [3.05, 3.63) is 82.7 Å². The third-order valence-corrected chi connectivity index (χ3v) is 4.83. The smallest absolute Gasteiger partial charge is 0.351 e. The number of fused-ring (bicyclic) bond motifs is 1. The van der Waals surface area contributed by atoms with Crippen LogP contribution >= 0.6 is 0 Å². The lowest BCUT2D eigenvalue weighted by Crippen LogP contribution is -2.12. The predicted octanol–water partition coefficient (Wildman–Crippen LogP) is 4.83. The Bertz CT molecular complexity index is 1350. The van der Waals surface area contributed by atoms with Gasteiger partial charge >= 0.3 is 5.97 Å². The summed E-state index contributed by atoms with van der Waals surface area (Å²) in [5.74, 6) is 1.17. The largest absolute Gasteiger partial charge is 0.497 e. The van der Waals surface area contributed by atoms with Gasteiger partial charge in [0.15, 0.2) is 0 Å². The Kier molecular flexibility index (Phi) is 6.17. The second-order valence-corrected chi connectivity index (χ2v) is 6.80. The van der Waals surface area contributed by atoms with Gasteiger partial charge in [-0.05, 0) is 36.4 Å². The fourth-order valence-electron chi connectivity index (χ4n) is 3.23. The fraction of sp³-hybridized carbons (Fsp3) is 0.120. The number of ether oxygens (including phenoxy) is 5. The molecule has 4 aromatic rings. The summed E-state index contributed by atoms with van der Waals surface area (Å²) in [6.07, 6.45) is 1.21. The SMILES string of the molecule is COc1cccc(Oc2coc3cc(OC(=O)c4c(OC)cccc4OC)ccc3c2=O)c1. The minimum Gasteiger partial charge on any atom is -0.497 e. The lowest BCUT2D eigenvalue weighted by molar-refractivity contribution is 0.0727. The van der Waals surface area contributed by atoms with E-state index in [0.29, 0.717) is 23.0 Å². The van der Waals surface area contributed by atoms with Crippen LogP contribution in [0.1, 0.15) is 10.4 Å². The average molecular weight is 448 g/mol. The number of carbonyl (C=O) groups is 1. The zero-order valence-corrected chi connectivity index (χ0v) is 18.1. The van der Waals surface area contributed by atoms with Gasteiger partial charge in [-0.1, -0.05) is 12.1 Å². The molecule has 0 unspecified atom stereocenters. The Hall–Kier alpha value is -4.46. The highest BCUT2D eigenvalue weighted by Gasteiger charge is 2.21. The van der Waals surface area contributed by atoms with E-state index in [9.17, 15) is 9.59 Å². The predicted molar refractivity (Wildman–Crippen MR) is 120 cm³/mol. The summed E-state index contributed by atoms with van der Waals surface area (Å²) < 4.78 is 32.4. The maximum absolute atomic E-state index is 12.9. The van der Waals surface area contributed by atoms with Gasteiger partial charge < -0.3 is 28.1 Å². The molecule has 168 valence electrons. The Morgan fingerprint density at radius 1 is 0.758 bits per heavy atom. The topological polar surface area (TPSA) is 93.4 Å². The monoisotopic (exact) mass is 448 g/mol. The lowest BCUT2D eigenvalue weighted by atomic mass is 10.1. The quantitative estimate of drug-likeness (QED) is 0.293. The molecule has 0 N–H and O–H groups in total. The summed E-state index contributed by atoms with van der Waals surface area (Å²) >= 11 is 0. The Balaban J connectivity index is 1.61. The first-order valence-corrected chi connectivity index (χ1v) is 9.84. The Morgan fingerprint density at radius 2 is 1.45 bits per heavy atom. The molecule has 1 heterocycles. The molecule has 0 bridgehead atoms. The molecule has 0 aliphatic rings. The molecule has 0 saturated heterocycles. The molecule has 0 atom stereocenters. The molecule has 0 radical (unpaired) electrons. The number of benzene rings is 3. The van der Waals surface area contributed by atoms with Crippen LogP contribution in [0.2, 0.25) is 0 Å². The molecule has 8 nitrogen and oxygen atoms in total. The van der Waals surface area contributed by atoms with Gasteiger partial charge in [-0.3, -0.25) is 4.79 Å². The van der Waals surface area contributed by atoms with Gasteiger partial charge in [0, 0.05) is 12.1 Å². The molecule has 0 fully saturated rings. The van der Waals surface area contributed by atoms with E-state index in [-0.39, 0.29) is 33.5 Å². The summed E-state index contributed by atoms with van der Waals surface area (Å²) in [5, 5.41) is 0.269. The van der Waals surface area contributed by atoms with E-state index < -0.39 is 5.97 Å². The number of hydrogen-bond donors (Lipinski definition) is 0. The van der Waals surface area contributed by atoms with Crippen molar-refractivity contribution in [1.82, 2.24) is 0 Å². The first-order valence-electron chi connectivity index (χ1n) is 9.84. The van der Waals surface area contributed by atoms with Crippen molar-refractivity contribution < 1.29 is 32.9 Å². The Labute approximate surface area is 188 Å². The van der Waals surface area contributed by atoms with Crippen LogP contribution in [-0.4, -0.2) is 27.3 Å². The van der Waals surface area contributed by atoms with Crippen LogP contribution in [0.25, 0.3) is 11.0 Å². The third kappa shape index (κ3) is 4.45. The van der Waals surface area contributed by atoms with Gasteiger partial charge in [-0.15, -0.1) is 0 Å². The molecule has 0 saturated carbocycles. The van der Waals surface area contributed by atoms with E-state index in [1.54, 1.807) is 42.5 Å². The van der Waals surface area contributed by atoms with Crippen molar-refractivity contribution in [2.45, 2.75) is 0 Å². The molecular weight excluding hydrogens is 428 g/mol. The van der Waals surface area contributed by atoms with E-state index in [2.05, 4.69) is 0 Å². The molecule has 8 heteroatoms.